The Bertz CT molecular complexity index is 1190. The fourth-order valence-corrected chi connectivity index (χ4v) is 4.76. The number of ether oxygens (including phenoxy) is 1. The van der Waals surface area contributed by atoms with Crippen LogP contribution in [0.25, 0.3) is 22.4 Å². The highest BCUT2D eigenvalue weighted by molar-refractivity contribution is 7.07. The summed E-state index contributed by atoms with van der Waals surface area (Å²) in [6, 6.07) is 16.5. The zero-order chi connectivity index (χ0) is 19.8. The number of rotatable bonds is 4. The van der Waals surface area contributed by atoms with Gasteiger partial charge in [-0.2, -0.15) is 0 Å². The van der Waals surface area contributed by atoms with Gasteiger partial charge in [0, 0.05) is 17.4 Å². The topological polar surface area (TPSA) is 39.7 Å². The first-order chi connectivity index (χ1) is 14.2. The minimum Gasteiger partial charge on any atom is -0.454 e. The summed E-state index contributed by atoms with van der Waals surface area (Å²) < 4.78 is 14.4. The molecule has 1 fully saturated rings. The predicted octanol–water partition coefficient (Wildman–Crippen LogP) is 5.99. The molecular weight excluding hydrogens is 380 g/mol. The van der Waals surface area contributed by atoms with Gasteiger partial charge in [-0.1, -0.05) is 30.3 Å². The van der Waals surface area contributed by atoms with Crippen molar-refractivity contribution in [2.45, 2.75) is 39.3 Å². The Balaban J connectivity index is 1.65. The molecule has 0 bridgehead atoms. The number of aromatic nitrogens is 1. The van der Waals surface area contributed by atoms with Gasteiger partial charge in [-0.05, 0) is 56.0 Å². The molecule has 5 heteroatoms. The van der Waals surface area contributed by atoms with E-state index >= 15 is 0 Å². The first-order valence-electron chi connectivity index (χ1n) is 10.1. The molecule has 0 saturated carbocycles. The molecule has 1 saturated heterocycles. The molecule has 1 aliphatic rings. The van der Waals surface area contributed by atoms with Gasteiger partial charge >= 0.3 is 0 Å². The second-order valence-electron chi connectivity index (χ2n) is 7.63. The molecule has 148 valence electrons. The van der Waals surface area contributed by atoms with Crippen molar-refractivity contribution in [3.05, 3.63) is 69.8 Å². The first kappa shape index (κ1) is 18.4. The van der Waals surface area contributed by atoms with Crippen LogP contribution in [0.15, 0.2) is 63.3 Å². The Hall–Kier alpha value is -2.63. The first-order valence-corrected chi connectivity index (χ1v) is 11.0. The third-order valence-electron chi connectivity index (χ3n) is 5.68. The lowest BCUT2D eigenvalue weighted by Crippen LogP contribution is -2.24. The molecule has 1 aliphatic heterocycles. The van der Waals surface area contributed by atoms with E-state index in [0.717, 1.165) is 58.9 Å². The second-order valence-corrected chi connectivity index (χ2v) is 8.47. The van der Waals surface area contributed by atoms with E-state index in [1.807, 2.05) is 18.2 Å². The molecule has 29 heavy (non-hydrogen) atoms. The maximum Gasteiger partial charge on any atom is 0.190 e. The summed E-state index contributed by atoms with van der Waals surface area (Å²) in [7, 11) is 0. The van der Waals surface area contributed by atoms with Gasteiger partial charge in [0.15, 0.2) is 10.6 Å². The van der Waals surface area contributed by atoms with Gasteiger partial charge in [0.05, 0.1) is 24.0 Å². The molecule has 5 rings (SSSR count). The number of thiazole rings is 1. The van der Waals surface area contributed by atoms with E-state index in [0.29, 0.717) is 0 Å². The van der Waals surface area contributed by atoms with E-state index in [2.05, 4.69) is 54.1 Å². The van der Waals surface area contributed by atoms with Gasteiger partial charge < -0.3 is 13.7 Å². The largest absolute Gasteiger partial charge is 0.454 e. The number of benzene rings is 2. The summed E-state index contributed by atoms with van der Waals surface area (Å²) in [5, 5.41) is 3.27. The van der Waals surface area contributed by atoms with Crippen LogP contribution in [0.1, 0.15) is 24.0 Å². The summed E-state index contributed by atoms with van der Waals surface area (Å²) in [4.78, 5) is 6.00. The van der Waals surface area contributed by atoms with Crippen molar-refractivity contribution in [2.24, 2.45) is 4.99 Å². The van der Waals surface area contributed by atoms with Crippen LogP contribution < -0.4 is 4.80 Å². The van der Waals surface area contributed by atoms with Crippen LogP contribution in [0.4, 0.5) is 5.69 Å². The van der Waals surface area contributed by atoms with Crippen LogP contribution in [0.5, 0.6) is 0 Å². The molecular formula is C24H24N2O2S. The average Bonchev–Trinajstić information content (AvgIpc) is 3.46. The summed E-state index contributed by atoms with van der Waals surface area (Å²) in [5.41, 5.74) is 5.46. The lowest BCUT2D eigenvalue weighted by atomic mass is 10.1. The van der Waals surface area contributed by atoms with Crippen molar-refractivity contribution < 1.29 is 9.15 Å². The van der Waals surface area contributed by atoms with Crippen LogP contribution >= 0.6 is 11.3 Å². The fraction of sp³-hybridized carbons (Fsp3) is 0.292. The highest BCUT2D eigenvalue weighted by Gasteiger charge is 2.20. The minimum atomic E-state index is 0.227. The van der Waals surface area contributed by atoms with E-state index in [4.69, 9.17) is 14.1 Å². The number of hydrogen-bond donors (Lipinski definition) is 0. The van der Waals surface area contributed by atoms with Crippen molar-refractivity contribution in [2.75, 3.05) is 6.61 Å². The van der Waals surface area contributed by atoms with Crippen LogP contribution in [0, 0.1) is 13.8 Å². The Morgan fingerprint density at radius 1 is 1.14 bits per heavy atom. The highest BCUT2D eigenvalue weighted by Crippen LogP contribution is 2.29. The van der Waals surface area contributed by atoms with E-state index in [9.17, 15) is 0 Å². The third-order valence-corrected chi connectivity index (χ3v) is 6.54. The van der Waals surface area contributed by atoms with Crippen LogP contribution in [0.3, 0.4) is 0 Å². The Morgan fingerprint density at radius 3 is 2.86 bits per heavy atom. The normalized spacial score (nSPS) is 17.4. The van der Waals surface area contributed by atoms with E-state index in [1.54, 1.807) is 11.3 Å². The lowest BCUT2D eigenvalue weighted by Gasteiger charge is -2.13. The SMILES string of the molecule is Cc1cccc(N=c2scc(-c3cc4ccccc4o3)n2CC2CCCO2)c1C. The van der Waals surface area contributed by atoms with Crippen molar-refractivity contribution in [3.63, 3.8) is 0 Å². The fourth-order valence-electron chi connectivity index (χ4n) is 3.85. The van der Waals surface area contributed by atoms with Crippen molar-refractivity contribution >= 4 is 28.0 Å². The molecule has 3 heterocycles. The Morgan fingerprint density at radius 2 is 2.03 bits per heavy atom. The number of nitrogens with zero attached hydrogens (tertiary/aromatic N) is 2. The molecule has 2 aromatic heterocycles. The number of hydrogen-bond acceptors (Lipinski definition) is 4. The van der Waals surface area contributed by atoms with Gasteiger partial charge in [-0.15, -0.1) is 11.3 Å². The van der Waals surface area contributed by atoms with Gasteiger partial charge in [0.1, 0.15) is 5.58 Å². The lowest BCUT2D eigenvalue weighted by molar-refractivity contribution is 0.0967. The van der Waals surface area contributed by atoms with Gasteiger partial charge in [0.2, 0.25) is 0 Å². The molecule has 1 atom stereocenters. The van der Waals surface area contributed by atoms with Crippen LogP contribution in [-0.4, -0.2) is 17.3 Å². The van der Waals surface area contributed by atoms with E-state index in [1.165, 1.54) is 11.1 Å². The third kappa shape index (κ3) is 3.56. The van der Waals surface area contributed by atoms with Crippen molar-refractivity contribution in [1.82, 2.24) is 4.57 Å². The molecule has 0 radical (unpaired) electrons. The van der Waals surface area contributed by atoms with Crippen LogP contribution in [-0.2, 0) is 11.3 Å². The van der Waals surface area contributed by atoms with Crippen molar-refractivity contribution in [3.8, 4) is 11.5 Å². The second kappa shape index (κ2) is 7.65. The molecule has 0 amide bonds. The quantitative estimate of drug-likeness (QED) is 0.419. The van der Waals surface area contributed by atoms with Crippen molar-refractivity contribution in [1.29, 1.82) is 0 Å². The van der Waals surface area contributed by atoms with Gasteiger partial charge in [-0.25, -0.2) is 4.99 Å². The molecule has 0 N–H and O–H groups in total. The highest BCUT2D eigenvalue weighted by atomic mass is 32.1. The Kier molecular flexibility index (Phi) is 4.86. The zero-order valence-corrected chi connectivity index (χ0v) is 17.5. The maximum absolute atomic E-state index is 6.17. The molecule has 2 aromatic carbocycles. The van der Waals surface area contributed by atoms with Gasteiger partial charge in [-0.3, -0.25) is 0 Å². The molecule has 0 spiro atoms. The minimum absolute atomic E-state index is 0.227. The van der Waals surface area contributed by atoms with E-state index < -0.39 is 0 Å². The molecule has 1 unspecified atom stereocenters. The standard InChI is InChI=1S/C24H24N2O2S/c1-16-7-5-10-20(17(16)2)25-24-26(14-19-9-6-12-27-19)21(15-29-24)23-13-18-8-3-4-11-22(18)28-23/h3-5,7-8,10-11,13,15,19H,6,9,12,14H2,1-2H3. The number of furan rings is 1. The van der Waals surface area contributed by atoms with E-state index in [-0.39, 0.29) is 6.10 Å². The monoisotopic (exact) mass is 404 g/mol. The average molecular weight is 405 g/mol. The summed E-state index contributed by atoms with van der Waals surface area (Å²) in [6.45, 7) is 5.90. The predicted molar refractivity (Wildman–Crippen MR) is 118 cm³/mol. The summed E-state index contributed by atoms with van der Waals surface area (Å²) >= 11 is 1.65. The molecule has 4 nitrogen and oxygen atoms in total. The molecule has 0 aliphatic carbocycles. The number of fused-ring (bicyclic) bond motifs is 1. The summed E-state index contributed by atoms with van der Waals surface area (Å²) in [6.07, 6.45) is 2.44. The number of aryl methyl sites for hydroxylation is 1. The smallest absolute Gasteiger partial charge is 0.190 e. The maximum atomic E-state index is 6.17. The molecule has 4 aromatic rings. The number of para-hydroxylation sites is 1. The zero-order valence-electron chi connectivity index (χ0n) is 16.7. The van der Waals surface area contributed by atoms with Crippen LogP contribution in [0.2, 0.25) is 0 Å². The van der Waals surface area contributed by atoms with Gasteiger partial charge in [0.25, 0.3) is 0 Å². The summed E-state index contributed by atoms with van der Waals surface area (Å²) in [5.74, 6) is 0.878. The Labute approximate surface area is 174 Å².